The van der Waals surface area contributed by atoms with E-state index in [0.29, 0.717) is 29.6 Å². The van der Waals surface area contributed by atoms with E-state index in [1.165, 1.54) is 0 Å². The van der Waals surface area contributed by atoms with Gasteiger partial charge in [0.1, 0.15) is 5.52 Å². The van der Waals surface area contributed by atoms with Gasteiger partial charge in [-0.1, -0.05) is 13.8 Å². The number of hydrogen-bond acceptors (Lipinski definition) is 5. The van der Waals surface area contributed by atoms with Crippen molar-refractivity contribution in [2.45, 2.75) is 26.4 Å². The summed E-state index contributed by atoms with van der Waals surface area (Å²) in [6.45, 7) is 4.27. The first-order valence-corrected chi connectivity index (χ1v) is 7.66. The van der Waals surface area contributed by atoms with Crippen LogP contribution in [0, 0.1) is 5.92 Å². The number of fused-ring (bicyclic) bond motifs is 1. The lowest BCUT2D eigenvalue weighted by molar-refractivity contribution is 0.148. The Hall–Kier alpha value is -2.28. The molecule has 0 spiro atoms. The number of oxazole rings is 1. The number of aliphatic hydroxyl groups excluding tert-OH is 1. The fourth-order valence-corrected chi connectivity index (χ4v) is 2.19. The number of anilines is 2. The van der Waals surface area contributed by atoms with Crippen LogP contribution >= 0.6 is 0 Å². The minimum Gasteiger partial charge on any atom is -0.423 e. The van der Waals surface area contributed by atoms with Crippen LogP contribution in [0.25, 0.3) is 11.1 Å². The quantitative estimate of drug-likeness (QED) is 0.760. The number of urea groups is 1. The first kappa shape index (κ1) is 17.1. The van der Waals surface area contributed by atoms with Gasteiger partial charge in [-0.25, -0.2) is 4.79 Å². The Labute approximate surface area is 135 Å². The second kappa shape index (κ2) is 7.32. The zero-order valence-electron chi connectivity index (χ0n) is 14.0. The summed E-state index contributed by atoms with van der Waals surface area (Å²) in [6.07, 6.45) is 0.109. The van der Waals surface area contributed by atoms with Gasteiger partial charge in [-0.2, -0.15) is 4.98 Å². The highest BCUT2D eigenvalue weighted by Gasteiger charge is 2.11. The molecule has 2 aromatic rings. The van der Waals surface area contributed by atoms with Crippen molar-refractivity contribution in [2.24, 2.45) is 5.92 Å². The summed E-state index contributed by atoms with van der Waals surface area (Å²) in [6, 6.07) is 5.42. The molecule has 1 aromatic carbocycles. The minimum absolute atomic E-state index is 0.222. The summed E-state index contributed by atoms with van der Waals surface area (Å²) >= 11 is 0. The van der Waals surface area contributed by atoms with E-state index in [9.17, 15) is 9.90 Å². The third kappa shape index (κ3) is 4.85. The fourth-order valence-electron chi connectivity index (χ4n) is 2.19. The molecule has 0 aliphatic heterocycles. The van der Waals surface area contributed by atoms with Crippen molar-refractivity contribution >= 4 is 28.8 Å². The lowest BCUT2D eigenvalue weighted by Gasteiger charge is -2.14. The summed E-state index contributed by atoms with van der Waals surface area (Å²) in [7, 11) is 3.69. The summed E-state index contributed by atoms with van der Waals surface area (Å²) < 4.78 is 5.60. The number of carbonyl (C=O) groups is 1. The maximum absolute atomic E-state index is 11.9. The number of rotatable bonds is 6. The highest BCUT2D eigenvalue weighted by molar-refractivity contribution is 5.91. The topological polar surface area (TPSA) is 90.6 Å². The average Bonchev–Trinajstić information content (AvgIpc) is 2.88. The van der Waals surface area contributed by atoms with Gasteiger partial charge in [0.25, 0.3) is 6.01 Å². The molecule has 7 nitrogen and oxygen atoms in total. The number of benzene rings is 1. The Bertz CT molecular complexity index is 666. The number of nitrogens with one attached hydrogen (secondary N) is 2. The Morgan fingerprint density at radius 3 is 2.78 bits per heavy atom. The smallest absolute Gasteiger partial charge is 0.319 e. The van der Waals surface area contributed by atoms with E-state index in [-0.39, 0.29) is 12.6 Å². The van der Waals surface area contributed by atoms with Crippen molar-refractivity contribution in [1.29, 1.82) is 0 Å². The van der Waals surface area contributed by atoms with Crippen LogP contribution in [-0.4, -0.2) is 42.9 Å². The van der Waals surface area contributed by atoms with Gasteiger partial charge in [0.2, 0.25) is 0 Å². The van der Waals surface area contributed by atoms with Gasteiger partial charge in [-0.15, -0.1) is 0 Å². The third-order valence-electron chi connectivity index (χ3n) is 3.26. The molecule has 0 saturated carbocycles. The molecule has 3 N–H and O–H groups in total. The molecule has 0 fully saturated rings. The normalized spacial score (nSPS) is 12.4. The van der Waals surface area contributed by atoms with Gasteiger partial charge in [-0.3, -0.25) is 0 Å². The van der Waals surface area contributed by atoms with Crippen molar-refractivity contribution < 1.29 is 14.3 Å². The molecular weight excluding hydrogens is 296 g/mol. The third-order valence-corrected chi connectivity index (χ3v) is 3.26. The zero-order chi connectivity index (χ0) is 17.0. The van der Waals surface area contributed by atoms with E-state index in [2.05, 4.69) is 15.6 Å². The van der Waals surface area contributed by atoms with Gasteiger partial charge in [0, 0.05) is 32.4 Å². The van der Waals surface area contributed by atoms with Crippen molar-refractivity contribution in [3.63, 3.8) is 0 Å². The second-order valence-corrected chi connectivity index (χ2v) is 6.19. The zero-order valence-corrected chi connectivity index (χ0v) is 14.0. The Balaban J connectivity index is 1.94. The molecule has 0 saturated heterocycles. The monoisotopic (exact) mass is 320 g/mol. The van der Waals surface area contributed by atoms with Gasteiger partial charge in [0.15, 0.2) is 5.58 Å². The molecule has 7 heteroatoms. The predicted octanol–water partition coefficient (Wildman–Crippen LogP) is 2.42. The first-order valence-electron chi connectivity index (χ1n) is 7.66. The van der Waals surface area contributed by atoms with Crippen LogP contribution in [-0.2, 0) is 0 Å². The van der Waals surface area contributed by atoms with Crippen LogP contribution < -0.4 is 15.5 Å². The Kier molecular flexibility index (Phi) is 5.44. The van der Waals surface area contributed by atoms with Crippen molar-refractivity contribution in [3.8, 4) is 0 Å². The van der Waals surface area contributed by atoms with E-state index < -0.39 is 6.10 Å². The molecule has 0 aliphatic rings. The van der Waals surface area contributed by atoms with E-state index in [1.807, 2.05) is 27.9 Å². The maximum Gasteiger partial charge on any atom is 0.319 e. The lowest BCUT2D eigenvalue weighted by Crippen LogP contribution is -2.35. The second-order valence-electron chi connectivity index (χ2n) is 6.19. The summed E-state index contributed by atoms with van der Waals surface area (Å²) in [5.74, 6) is 0.384. The Morgan fingerprint density at radius 1 is 1.39 bits per heavy atom. The van der Waals surface area contributed by atoms with Crippen molar-refractivity contribution in [2.75, 3.05) is 30.9 Å². The first-order chi connectivity index (χ1) is 10.8. The SMILES string of the molecule is CC(C)CC(O)CNC(=O)Nc1ccc2nc(N(C)C)oc2c1. The molecule has 2 amide bonds. The molecular formula is C16H24N4O3. The molecule has 1 unspecified atom stereocenters. The number of aromatic nitrogens is 1. The molecule has 0 radical (unpaired) electrons. The molecule has 126 valence electrons. The Morgan fingerprint density at radius 2 is 2.13 bits per heavy atom. The van der Waals surface area contributed by atoms with E-state index in [1.54, 1.807) is 23.1 Å². The molecule has 1 atom stereocenters. The predicted molar refractivity (Wildman–Crippen MR) is 90.8 cm³/mol. The largest absolute Gasteiger partial charge is 0.423 e. The number of hydrogen-bond donors (Lipinski definition) is 3. The number of carbonyl (C=O) groups excluding carboxylic acids is 1. The average molecular weight is 320 g/mol. The molecule has 0 bridgehead atoms. The molecule has 1 heterocycles. The van der Waals surface area contributed by atoms with Crippen LogP contribution in [0.4, 0.5) is 16.5 Å². The van der Waals surface area contributed by atoms with E-state index >= 15 is 0 Å². The van der Waals surface area contributed by atoms with Crippen LogP contribution in [0.3, 0.4) is 0 Å². The summed E-state index contributed by atoms with van der Waals surface area (Å²) in [4.78, 5) is 18.0. The standard InChI is InChI=1S/C16H24N4O3/c1-10(2)7-12(21)9-17-15(22)18-11-5-6-13-14(8-11)23-16(19-13)20(3)4/h5-6,8,10,12,21H,7,9H2,1-4H3,(H2,17,18,22). The number of aliphatic hydroxyl groups is 1. The van der Waals surface area contributed by atoms with Gasteiger partial charge in [0.05, 0.1) is 6.10 Å². The highest BCUT2D eigenvalue weighted by atomic mass is 16.4. The van der Waals surface area contributed by atoms with Crippen LogP contribution in [0.2, 0.25) is 0 Å². The number of nitrogens with zero attached hydrogens (tertiary/aromatic N) is 2. The summed E-state index contributed by atoms with van der Waals surface area (Å²) in [5, 5.41) is 15.1. The van der Waals surface area contributed by atoms with Crippen LogP contribution in [0.5, 0.6) is 0 Å². The van der Waals surface area contributed by atoms with E-state index in [4.69, 9.17) is 4.42 Å². The van der Waals surface area contributed by atoms with Gasteiger partial charge in [-0.05, 0) is 24.5 Å². The van der Waals surface area contributed by atoms with Gasteiger partial charge < -0.3 is 25.1 Å². The number of amides is 2. The summed E-state index contributed by atoms with van der Waals surface area (Å²) in [5.41, 5.74) is 1.94. The van der Waals surface area contributed by atoms with E-state index in [0.717, 1.165) is 5.52 Å². The maximum atomic E-state index is 11.9. The molecule has 23 heavy (non-hydrogen) atoms. The van der Waals surface area contributed by atoms with Crippen LogP contribution in [0.1, 0.15) is 20.3 Å². The van der Waals surface area contributed by atoms with Crippen molar-refractivity contribution in [3.05, 3.63) is 18.2 Å². The minimum atomic E-state index is -0.542. The highest BCUT2D eigenvalue weighted by Crippen LogP contribution is 2.23. The van der Waals surface area contributed by atoms with Crippen LogP contribution in [0.15, 0.2) is 22.6 Å². The fraction of sp³-hybridized carbons (Fsp3) is 0.500. The molecule has 0 aliphatic carbocycles. The molecule has 2 rings (SSSR count). The van der Waals surface area contributed by atoms with Gasteiger partial charge >= 0.3 is 6.03 Å². The molecule has 1 aromatic heterocycles. The lowest BCUT2D eigenvalue weighted by atomic mass is 10.1. The van der Waals surface area contributed by atoms with Crippen molar-refractivity contribution in [1.82, 2.24) is 10.3 Å².